The highest BCUT2D eigenvalue weighted by atomic mass is 79.9. The molecule has 0 unspecified atom stereocenters. The molecule has 9 heteroatoms. The smallest absolute Gasteiger partial charge is 0.416 e. The number of carboxylic acids is 1. The number of aliphatic carboxylic acids is 1. The summed E-state index contributed by atoms with van der Waals surface area (Å²) in [5, 5.41) is 11.8. The van der Waals surface area contributed by atoms with Crippen LogP contribution in [-0.2, 0) is 29.0 Å². The predicted molar refractivity (Wildman–Crippen MR) is 132 cm³/mol. The van der Waals surface area contributed by atoms with Gasteiger partial charge in [0.15, 0.2) is 0 Å². The van der Waals surface area contributed by atoms with Gasteiger partial charge in [0.25, 0.3) is 0 Å². The fraction of sp³-hybridized carbons (Fsp3) is 0.423. The van der Waals surface area contributed by atoms with Crippen LogP contribution >= 0.6 is 15.9 Å². The number of carbonyl (C=O) groups is 1. The van der Waals surface area contributed by atoms with Crippen LogP contribution < -0.4 is 10.8 Å². The Labute approximate surface area is 211 Å². The number of nitrogens with one attached hydrogen (secondary N) is 2. The van der Waals surface area contributed by atoms with E-state index in [0.717, 1.165) is 47.7 Å². The van der Waals surface area contributed by atoms with Crippen molar-refractivity contribution in [3.63, 3.8) is 0 Å². The highest BCUT2D eigenvalue weighted by Crippen LogP contribution is 2.41. The van der Waals surface area contributed by atoms with Crippen molar-refractivity contribution >= 4 is 27.6 Å². The summed E-state index contributed by atoms with van der Waals surface area (Å²) in [5.74, 6) is -0.897. The van der Waals surface area contributed by atoms with Gasteiger partial charge in [-0.05, 0) is 47.6 Å². The lowest BCUT2D eigenvalue weighted by Crippen LogP contribution is -2.18. The Hall–Kier alpha value is -2.36. The van der Waals surface area contributed by atoms with Crippen LogP contribution in [0.4, 0.5) is 13.2 Å². The fourth-order valence-corrected chi connectivity index (χ4v) is 4.79. The molecule has 0 spiro atoms. The predicted octanol–water partition coefficient (Wildman–Crippen LogP) is 6.77. The zero-order valence-corrected chi connectivity index (χ0v) is 21.0. The van der Waals surface area contributed by atoms with Crippen LogP contribution in [0, 0.1) is 0 Å². The topological polar surface area (TPSA) is 70.6 Å². The average Bonchev–Trinajstić information content (AvgIpc) is 2.82. The third-order valence-electron chi connectivity index (χ3n) is 6.13. The molecule has 2 aromatic carbocycles. The first-order valence-corrected chi connectivity index (χ1v) is 12.4. The summed E-state index contributed by atoms with van der Waals surface area (Å²) in [6.07, 6.45) is 0.259. The second-order valence-corrected chi connectivity index (χ2v) is 9.60. The molecular formula is C26H30BrF3N2O3. The van der Waals surface area contributed by atoms with Gasteiger partial charge in [0, 0.05) is 23.1 Å². The van der Waals surface area contributed by atoms with Gasteiger partial charge in [0.2, 0.25) is 0 Å². The highest BCUT2D eigenvalue weighted by Gasteiger charge is 2.35. The lowest BCUT2D eigenvalue weighted by atomic mass is 9.81. The molecule has 35 heavy (non-hydrogen) atoms. The van der Waals surface area contributed by atoms with E-state index >= 15 is 0 Å². The number of carboxylic acid groups (broad SMARTS) is 1. The summed E-state index contributed by atoms with van der Waals surface area (Å²) in [4.78, 5) is 16.0. The van der Waals surface area contributed by atoms with Crippen LogP contribution in [-0.4, -0.2) is 17.6 Å². The second kappa shape index (κ2) is 12.6. The summed E-state index contributed by atoms with van der Waals surface area (Å²) in [7, 11) is 0. The molecule has 0 aliphatic heterocycles. The standard InChI is InChI=1S/C26H30BrF3N2O3/c1-17(20-8-9-21(24(27)14-20)15-31-12-11-25(33)34)32-35-16-18-7-10-22(19-5-3-2-4-6-19)23(13-18)26(28,29)30/h7-10,13-14,19,31-32H,1-6,11-12,15-16H2,(H,33,34). The van der Waals surface area contributed by atoms with Crippen molar-refractivity contribution in [2.75, 3.05) is 6.54 Å². The Bertz CT molecular complexity index is 1040. The number of hydroxylamine groups is 1. The minimum absolute atomic E-state index is 0.0398. The Morgan fingerprint density at radius 1 is 1.14 bits per heavy atom. The van der Waals surface area contributed by atoms with Crippen LogP contribution in [0.5, 0.6) is 0 Å². The lowest BCUT2D eigenvalue weighted by molar-refractivity contribution is -0.139. The molecule has 0 aromatic heterocycles. The molecule has 0 bridgehead atoms. The number of halogens is 4. The highest BCUT2D eigenvalue weighted by molar-refractivity contribution is 9.10. The average molecular weight is 555 g/mol. The van der Waals surface area contributed by atoms with E-state index in [1.54, 1.807) is 12.1 Å². The third kappa shape index (κ3) is 8.08. The van der Waals surface area contributed by atoms with Gasteiger partial charge in [-0.2, -0.15) is 13.2 Å². The van der Waals surface area contributed by atoms with E-state index in [-0.39, 0.29) is 18.9 Å². The Morgan fingerprint density at radius 3 is 2.54 bits per heavy atom. The van der Waals surface area contributed by atoms with Gasteiger partial charge in [-0.3, -0.25) is 15.1 Å². The van der Waals surface area contributed by atoms with Crippen molar-refractivity contribution in [1.82, 2.24) is 10.8 Å². The van der Waals surface area contributed by atoms with Gasteiger partial charge in [-0.25, -0.2) is 0 Å². The third-order valence-corrected chi connectivity index (χ3v) is 6.87. The molecule has 0 amide bonds. The normalized spacial score (nSPS) is 14.6. The van der Waals surface area contributed by atoms with Gasteiger partial charge in [-0.1, -0.05) is 66.0 Å². The molecule has 190 valence electrons. The van der Waals surface area contributed by atoms with Crippen LogP contribution in [0.2, 0.25) is 0 Å². The summed E-state index contributed by atoms with van der Waals surface area (Å²) in [6.45, 7) is 4.76. The first kappa shape index (κ1) is 27.2. The van der Waals surface area contributed by atoms with Gasteiger partial charge in [-0.15, -0.1) is 0 Å². The molecule has 0 saturated heterocycles. The van der Waals surface area contributed by atoms with Gasteiger partial charge in [0.1, 0.15) is 0 Å². The minimum atomic E-state index is -4.41. The molecule has 3 rings (SSSR count). The lowest BCUT2D eigenvalue weighted by Gasteiger charge is -2.25. The van der Waals surface area contributed by atoms with E-state index < -0.39 is 17.7 Å². The van der Waals surface area contributed by atoms with Crippen molar-refractivity contribution in [3.8, 4) is 0 Å². The van der Waals surface area contributed by atoms with E-state index in [9.17, 15) is 18.0 Å². The zero-order valence-electron chi connectivity index (χ0n) is 19.4. The largest absolute Gasteiger partial charge is 0.481 e. The van der Waals surface area contributed by atoms with Crippen LogP contribution in [0.15, 0.2) is 47.4 Å². The van der Waals surface area contributed by atoms with E-state index in [1.165, 1.54) is 6.07 Å². The van der Waals surface area contributed by atoms with Crippen LogP contribution in [0.3, 0.4) is 0 Å². The monoisotopic (exact) mass is 554 g/mol. The summed E-state index contributed by atoms with van der Waals surface area (Å²) >= 11 is 3.49. The Balaban J connectivity index is 1.57. The second-order valence-electron chi connectivity index (χ2n) is 8.75. The molecule has 3 N–H and O–H groups in total. The molecule has 5 nitrogen and oxygen atoms in total. The van der Waals surface area contributed by atoms with E-state index in [2.05, 4.69) is 33.3 Å². The number of rotatable bonds is 11. The zero-order chi connectivity index (χ0) is 25.4. The van der Waals surface area contributed by atoms with Crippen molar-refractivity contribution in [2.24, 2.45) is 0 Å². The molecule has 1 aliphatic carbocycles. The molecule has 0 heterocycles. The summed E-state index contributed by atoms with van der Waals surface area (Å²) < 4.78 is 42.1. The molecule has 0 atom stereocenters. The van der Waals surface area contributed by atoms with Crippen LogP contribution in [0.25, 0.3) is 5.70 Å². The van der Waals surface area contributed by atoms with Crippen molar-refractivity contribution < 1.29 is 27.9 Å². The van der Waals surface area contributed by atoms with E-state index in [0.29, 0.717) is 29.9 Å². The van der Waals surface area contributed by atoms with Crippen molar-refractivity contribution in [1.29, 1.82) is 0 Å². The molecule has 0 radical (unpaired) electrons. The fourth-order valence-electron chi connectivity index (χ4n) is 4.27. The summed E-state index contributed by atoms with van der Waals surface area (Å²) in [6, 6.07) is 10.0. The maximum atomic E-state index is 13.8. The maximum absolute atomic E-state index is 13.8. The SMILES string of the molecule is C=C(NOCc1ccc(C2CCCCC2)c(C(F)(F)F)c1)c1ccc(CNCCC(=O)O)c(Br)c1. The Morgan fingerprint density at radius 2 is 1.89 bits per heavy atom. The molecule has 1 aliphatic rings. The van der Waals surface area contributed by atoms with Gasteiger partial charge >= 0.3 is 12.1 Å². The van der Waals surface area contributed by atoms with Crippen LogP contribution in [0.1, 0.15) is 72.3 Å². The van der Waals surface area contributed by atoms with E-state index in [4.69, 9.17) is 9.94 Å². The molecule has 1 fully saturated rings. The summed E-state index contributed by atoms with van der Waals surface area (Å²) in [5.41, 5.74) is 5.13. The number of hydrogen-bond donors (Lipinski definition) is 3. The minimum Gasteiger partial charge on any atom is -0.481 e. The van der Waals surface area contributed by atoms with Crippen molar-refractivity contribution in [3.05, 3.63) is 75.3 Å². The Kier molecular flexibility index (Phi) is 9.77. The number of benzene rings is 2. The first-order chi connectivity index (χ1) is 16.6. The van der Waals surface area contributed by atoms with Crippen molar-refractivity contribution in [2.45, 2.75) is 63.8 Å². The molecule has 2 aromatic rings. The number of alkyl halides is 3. The van der Waals surface area contributed by atoms with E-state index in [1.807, 2.05) is 18.2 Å². The van der Waals surface area contributed by atoms with Gasteiger partial charge in [0.05, 0.1) is 24.3 Å². The quantitative estimate of drug-likeness (QED) is 0.211. The molecular weight excluding hydrogens is 525 g/mol. The molecule has 1 saturated carbocycles. The number of hydrogen-bond acceptors (Lipinski definition) is 4. The first-order valence-electron chi connectivity index (χ1n) is 11.6. The van der Waals surface area contributed by atoms with Gasteiger partial charge < -0.3 is 10.4 Å². The maximum Gasteiger partial charge on any atom is 0.416 e.